The molecule has 0 saturated heterocycles. The second-order valence-corrected chi connectivity index (χ2v) is 7.03. The first-order chi connectivity index (χ1) is 12.4. The first-order valence-corrected chi connectivity index (χ1v) is 9.28. The minimum atomic E-state index is -3.76. The van der Waals surface area contributed by atoms with Crippen molar-refractivity contribution in [3.8, 4) is 11.4 Å². The Hall–Kier alpha value is -3.04. The van der Waals surface area contributed by atoms with E-state index in [1.807, 2.05) is 6.92 Å². The van der Waals surface area contributed by atoms with Crippen molar-refractivity contribution < 1.29 is 17.7 Å². The highest BCUT2D eigenvalue weighted by molar-refractivity contribution is 7.89. The van der Waals surface area contributed by atoms with E-state index in [2.05, 4.69) is 15.5 Å². The zero-order valence-electron chi connectivity index (χ0n) is 13.8. The molecule has 0 unspecified atom stereocenters. The van der Waals surface area contributed by atoms with E-state index in [4.69, 9.17) is 9.66 Å². The second kappa shape index (κ2) is 7.06. The van der Waals surface area contributed by atoms with Crippen LogP contribution in [0.5, 0.6) is 0 Å². The zero-order chi connectivity index (χ0) is 18.7. The molecular formula is C17H16N4O4S. The van der Waals surface area contributed by atoms with E-state index >= 15 is 0 Å². The molecule has 0 aliphatic rings. The van der Waals surface area contributed by atoms with Crippen molar-refractivity contribution in [1.29, 1.82) is 0 Å². The van der Waals surface area contributed by atoms with E-state index < -0.39 is 10.0 Å². The van der Waals surface area contributed by atoms with Crippen LogP contribution in [0.15, 0.2) is 57.9 Å². The number of nitrogens with two attached hydrogens (primary N) is 1. The fourth-order valence-corrected chi connectivity index (χ4v) is 2.73. The third-order valence-corrected chi connectivity index (χ3v) is 4.55. The summed E-state index contributed by atoms with van der Waals surface area (Å²) < 4.78 is 27.5. The predicted octanol–water partition coefficient (Wildman–Crippen LogP) is 2.20. The molecule has 3 aromatic rings. The number of anilines is 1. The summed E-state index contributed by atoms with van der Waals surface area (Å²) in [5.41, 5.74) is 1.63. The third kappa shape index (κ3) is 3.95. The lowest BCUT2D eigenvalue weighted by Gasteiger charge is -2.06. The Balaban J connectivity index is 1.72. The highest BCUT2D eigenvalue weighted by Gasteiger charge is 2.11. The maximum Gasteiger partial charge on any atom is 0.255 e. The molecule has 0 saturated carbocycles. The predicted molar refractivity (Wildman–Crippen MR) is 94.9 cm³/mol. The van der Waals surface area contributed by atoms with Crippen molar-refractivity contribution in [2.45, 2.75) is 18.2 Å². The van der Waals surface area contributed by atoms with E-state index in [0.29, 0.717) is 29.4 Å². The summed E-state index contributed by atoms with van der Waals surface area (Å²) in [6, 6.07) is 12.3. The Morgan fingerprint density at radius 2 is 1.77 bits per heavy atom. The van der Waals surface area contributed by atoms with Crippen molar-refractivity contribution >= 4 is 21.6 Å². The summed E-state index contributed by atoms with van der Waals surface area (Å²) in [7, 11) is -3.76. The lowest BCUT2D eigenvalue weighted by Crippen LogP contribution is -2.13. The van der Waals surface area contributed by atoms with Gasteiger partial charge in [0.25, 0.3) is 5.91 Å². The second-order valence-electron chi connectivity index (χ2n) is 5.47. The van der Waals surface area contributed by atoms with Gasteiger partial charge in [-0.1, -0.05) is 24.2 Å². The summed E-state index contributed by atoms with van der Waals surface area (Å²) in [6.45, 7) is 1.92. The summed E-state index contributed by atoms with van der Waals surface area (Å²) in [5.74, 6) is 0.680. The number of nitrogens with zero attached hydrogens (tertiary/aromatic N) is 2. The Kier molecular flexibility index (Phi) is 4.83. The van der Waals surface area contributed by atoms with Gasteiger partial charge in [-0.25, -0.2) is 13.6 Å². The lowest BCUT2D eigenvalue weighted by molar-refractivity contribution is 0.102. The molecule has 8 nitrogen and oxygen atoms in total. The smallest absolute Gasteiger partial charge is 0.255 e. The van der Waals surface area contributed by atoms with Gasteiger partial charge in [0, 0.05) is 23.2 Å². The fraction of sp³-hybridized carbons (Fsp3) is 0.118. The van der Waals surface area contributed by atoms with Crippen LogP contribution >= 0.6 is 0 Å². The molecule has 3 rings (SSSR count). The Morgan fingerprint density at radius 1 is 1.12 bits per heavy atom. The Morgan fingerprint density at radius 3 is 2.31 bits per heavy atom. The summed E-state index contributed by atoms with van der Waals surface area (Å²) >= 11 is 0. The van der Waals surface area contributed by atoms with Crippen LogP contribution in [0.2, 0.25) is 0 Å². The van der Waals surface area contributed by atoms with Gasteiger partial charge in [0.05, 0.1) is 4.90 Å². The number of carbonyl (C=O) groups is 1. The van der Waals surface area contributed by atoms with Crippen LogP contribution in [-0.4, -0.2) is 24.5 Å². The molecule has 1 aromatic heterocycles. The maximum atomic E-state index is 12.3. The zero-order valence-corrected chi connectivity index (χ0v) is 14.7. The van der Waals surface area contributed by atoms with Crippen molar-refractivity contribution in [2.75, 3.05) is 5.32 Å². The van der Waals surface area contributed by atoms with Gasteiger partial charge in [-0.05, 0) is 36.4 Å². The highest BCUT2D eigenvalue weighted by Crippen LogP contribution is 2.18. The molecule has 1 amide bonds. The number of amides is 1. The van der Waals surface area contributed by atoms with Crippen LogP contribution in [0.4, 0.5) is 5.69 Å². The number of aryl methyl sites for hydroxylation is 1. The van der Waals surface area contributed by atoms with Crippen molar-refractivity contribution in [2.24, 2.45) is 5.14 Å². The average Bonchev–Trinajstić information content (AvgIpc) is 3.11. The van der Waals surface area contributed by atoms with E-state index in [1.54, 1.807) is 24.3 Å². The summed E-state index contributed by atoms with van der Waals surface area (Å²) in [4.78, 5) is 16.5. The number of aromatic nitrogens is 2. The van der Waals surface area contributed by atoms with E-state index in [0.717, 1.165) is 5.56 Å². The highest BCUT2D eigenvalue weighted by atomic mass is 32.2. The quantitative estimate of drug-likeness (QED) is 0.706. The molecule has 2 aromatic carbocycles. The Labute approximate surface area is 150 Å². The van der Waals surface area contributed by atoms with Crippen molar-refractivity contribution in [3.63, 3.8) is 0 Å². The van der Waals surface area contributed by atoms with Crippen LogP contribution in [-0.2, 0) is 16.4 Å². The lowest BCUT2D eigenvalue weighted by atomic mass is 10.1. The number of benzene rings is 2. The number of hydrogen-bond acceptors (Lipinski definition) is 6. The maximum absolute atomic E-state index is 12.3. The summed E-state index contributed by atoms with van der Waals surface area (Å²) in [5, 5.41) is 11.6. The first kappa shape index (κ1) is 17.8. The molecule has 9 heteroatoms. The van der Waals surface area contributed by atoms with Crippen LogP contribution < -0.4 is 10.5 Å². The van der Waals surface area contributed by atoms with Gasteiger partial charge in [-0.3, -0.25) is 4.79 Å². The number of sulfonamides is 1. The molecule has 26 heavy (non-hydrogen) atoms. The van der Waals surface area contributed by atoms with Crippen LogP contribution in [0, 0.1) is 0 Å². The molecule has 0 fully saturated rings. The van der Waals surface area contributed by atoms with E-state index in [1.165, 1.54) is 24.3 Å². The number of rotatable bonds is 5. The van der Waals surface area contributed by atoms with Crippen LogP contribution in [0.25, 0.3) is 11.4 Å². The Bertz CT molecular complexity index is 1030. The molecule has 1 heterocycles. The molecule has 0 spiro atoms. The number of hydrogen-bond donors (Lipinski definition) is 2. The first-order valence-electron chi connectivity index (χ1n) is 7.74. The van der Waals surface area contributed by atoms with Crippen molar-refractivity contribution in [3.05, 3.63) is 60.0 Å². The largest absolute Gasteiger partial charge is 0.339 e. The standard InChI is InChI=1S/C17H16N4O4S/c1-2-15-20-16(21-25-15)11-3-5-12(6-4-11)17(22)19-13-7-9-14(10-8-13)26(18,23)24/h3-10H,2H2,1H3,(H,19,22)(H2,18,23,24). The fourth-order valence-electron chi connectivity index (χ4n) is 2.22. The molecule has 0 atom stereocenters. The molecule has 0 aliphatic carbocycles. The minimum absolute atomic E-state index is 0.0218. The average molecular weight is 372 g/mol. The number of carbonyl (C=O) groups excluding carboxylic acids is 1. The molecule has 134 valence electrons. The van der Waals surface area contributed by atoms with Crippen molar-refractivity contribution in [1.82, 2.24) is 10.1 Å². The number of nitrogens with one attached hydrogen (secondary N) is 1. The molecule has 0 radical (unpaired) electrons. The topological polar surface area (TPSA) is 128 Å². The SMILES string of the molecule is CCc1nc(-c2ccc(C(=O)Nc3ccc(S(N)(=O)=O)cc3)cc2)no1. The minimum Gasteiger partial charge on any atom is -0.339 e. The van der Waals surface area contributed by atoms with Gasteiger partial charge < -0.3 is 9.84 Å². The van der Waals surface area contributed by atoms with E-state index in [9.17, 15) is 13.2 Å². The van der Waals surface area contributed by atoms with Gasteiger partial charge >= 0.3 is 0 Å². The van der Waals surface area contributed by atoms with Gasteiger partial charge in [-0.2, -0.15) is 4.98 Å². The molecular weight excluding hydrogens is 356 g/mol. The molecule has 0 aliphatic heterocycles. The van der Waals surface area contributed by atoms with Gasteiger partial charge in [0.15, 0.2) is 0 Å². The third-order valence-electron chi connectivity index (χ3n) is 3.62. The van der Waals surface area contributed by atoms with Crippen LogP contribution in [0.3, 0.4) is 0 Å². The molecule has 3 N–H and O–H groups in total. The normalized spacial score (nSPS) is 11.3. The monoisotopic (exact) mass is 372 g/mol. The van der Waals surface area contributed by atoms with E-state index in [-0.39, 0.29) is 10.8 Å². The summed E-state index contributed by atoms with van der Waals surface area (Å²) in [6.07, 6.45) is 0.651. The van der Waals surface area contributed by atoms with Gasteiger partial charge in [0.1, 0.15) is 0 Å². The number of primary sulfonamides is 1. The molecule has 0 bridgehead atoms. The van der Waals surface area contributed by atoms with Gasteiger partial charge in [0.2, 0.25) is 21.7 Å². The van der Waals surface area contributed by atoms with Gasteiger partial charge in [-0.15, -0.1) is 0 Å². The van der Waals surface area contributed by atoms with Crippen LogP contribution in [0.1, 0.15) is 23.2 Å².